The number of cyclic esters (lactones) is 1. The van der Waals surface area contributed by atoms with Crippen molar-refractivity contribution in [1.82, 2.24) is 26.1 Å². The molecule has 0 radical (unpaired) electrons. The van der Waals surface area contributed by atoms with Gasteiger partial charge in [-0.15, -0.1) is 0 Å². The van der Waals surface area contributed by atoms with Crippen LogP contribution in [0, 0.1) is 11.3 Å². The van der Waals surface area contributed by atoms with Crippen molar-refractivity contribution in [3.63, 3.8) is 0 Å². The standard InChI is InChI=1S/C33H43N5O6/c1-19(2)28-30(41)35-21(4)31(42)38-17-5-6-26(37-38)29(40)34-20(3)25-10-9-23-8-7-22(18-27(23)36-25)11-14-33(32(43)44-28)15-12-24(39)13-16-33/h7-11,14,18-21,24,26,28,37,39H,5-6,12-13,15-17H2,1-4H3,(H,34,40)(H,35,41)/b14-11+/t20-,21+,24?,26+,28-,33?/m1/s1. The summed E-state index contributed by atoms with van der Waals surface area (Å²) >= 11 is 0. The maximum atomic E-state index is 13.9. The molecule has 5 bridgehead atoms. The van der Waals surface area contributed by atoms with E-state index in [2.05, 4.69) is 16.1 Å². The van der Waals surface area contributed by atoms with E-state index in [0.717, 1.165) is 16.5 Å². The molecule has 1 saturated heterocycles. The fourth-order valence-corrected chi connectivity index (χ4v) is 6.15. The van der Waals surface area contributed by atoms with E-state index >= 15 is 0 Å². The molecule has 3 amide bonds. The van der Waals surface area contributed by atoms with Crippen LogP contribution < -0.4 is 16.1 Å². The molecule has 1 aliphatic carbocycles. The number of hydrogen-bond donors (Lipinski definition) is 4. The highest BCUT2D eigenvalue weighted by atomic mass is 16.5. The molecule has 3 heterocycles. The van der Waals surface area contributed by atoms with Crippen LogP contribution in [0.1, 0.15) is 83.5 Å². The summed E-state index contributed by atoms with van der Waals surface area (Å²) in [5.41, 5.74) is 4.27. The molecule has 1 aromatic carbocycles. The number of hydrogen-bond acceptors (Lipinski definition) is 8. The van der Waals surface area contributed by atoms with E-state index in [0.29, 0.717) is 50.8 Å². The van der Waals surface area contributed by atoms with Crippen molar-refractivity contribution in [3.05, 3.63) is 47.7 Å². The number of esters is 1. The Morgan fingerprint density at radius 3 is 2.41 bits per heavy atom. The Hall–Kier alpha value is -3.83. The molecule has 236 valence electrons. The number of carbonyl (C=O) groups is 4. The number of aromatic nitrogens is 1. The predicted molar refractivity (Wildman–Crippen MR) is 164 cm³/mol. The fraction of sp³-hybridized carbons (Fsp3) is 0.545. The summed E-state index contributed by atoms with van der Waals surface area (Å²) in [6.07, 6.45) is 4.84. The lowest BCUT2D eigenvalue weighted by Gasteiger charge is -2.36. The number of benzene rings is 1. The first kappa shape index (κ1) is 31.6. The molecule has 5 rings (SSSR count). The summed E-state index contributed by atoms with van der Waals surface area (Å²) in [5, 5.41) is 18.3. The van der Waals surface area contributed by atoms with Gasteiger partial charge in [-0.1, -0.05) is 44.2 Å². The minimum absolute atomic E-state index is 0.245. The molecule has 0 unspecified atom stereocenters. The molecule has 4 atom stereocenters. The Labute approximate surface area is 257 Å². The summed E-state index contributed by atoms with van der Waals surface area (Å²) in [7, 11) is 0. The minimum Gasteiger partial charge on any atom is -0.451 e. The summed E-state index contributed by atoms with van der Waals surface area (Å²) in [4.78, 5) is 58.7. The van der Waals surface area contributed by atoms with Crippen molar-refractivity contribution in [2.24, 2.45) is 11.3 Å². The smallest absolute Gasteiger partial charge is 0.316 e. The highest BCUT2D eigenvalue weighted by molar-refractivity contribution is 5.92. The van der Waals surface area contributed by atoms with Crippen molar-refractivity contribution in [1.29, 1.82) is 0 Å². The Kier molecular flexibility index (Phi) is 9.36. The lowest BCUT2D eigenvalue weighted by molar-refractivity contribution is -0.168. The molecule has 3 aliphatic rings. The Morgan fingerprint density at radius 2 is 1.68 bits per heavy atom. The second-order valence-electron chi connectivity index (χ2n) is 12.8. The van der Waals surface area contributed by atoms with Crippen molar-refractivity contribution in [2.45, 2.75) is 96.6 Å². The monoisotopic (exact) mass is 605 g/mol. The molecule has 1 spiro atoms. The van der Waals surface area contributed by atoms with E-state index in [9.17, 15) is 24.3 Å². The average molecular weight is 606 g/mol. The maximum absolute atomic E-state index is 13.9. The molecule has 11 heteroatoms. The number of ether oxygens (including phenoxy) is 1. The van der Waals surface area contributed by atoms with Gasteiger partial charge in [-0.3, -0.25) is 29.2 Å². The van der Waals surface area contributed by atoms with Crippen molar-refractivity contribution >= 4 is 40.7 Å². The molecule has 1 aromatic heterocycles. The number of amides is 3. The third-order valence-corrected chi connectivity index (χ3v) is 8.98. The number of rotatable bonds is 1. The first-order valence-electron chi connectivity index (χ1n) is 15.6. The summed E-state index contributed by atoms with van der Waals surface area (Å²) in [5.74, 6) is -2.09. The van der Waals surface area contributed by atoms with Gasteiger partial charge in [0.25, 0.3) is 11.8 Å². The van der Waals surface area contributed by atoms with Gasteiger partial charge < -0.3 is 20.5 Å². The highest BCUT2D eigenvalue weighted by Crippen LogP contribution is 2.40. The molecule has 2 fully saturated rings. The Morgan fingerprint density at radius 1 is 0.977 bits per heavy atom. The number of carbonyl (C=O) groups excluding carboxylic acids is 4. The van der Waals surface area contributed by atoms with Crippen LogP contribution >= 0.6 is 0 Å². The number of nitrogens with one attached hydrogen (secondary N) is 3. The first-order chi connectivity index (χ1) is 21.0. The maximum Gasteiger partial charge on any atom is 0.316 e. The van der Waals surface area contributed by atoms with Crippen molar-refractivity contribution in [3.8, 4) is 0 Å². The van der Waals surface area contributed by atoms with E-state index in [1.807, 2.05) is 49.4 Å². The van der Waals surface area contributed by atoms with E-state index in [-0.39, 0.29) is 17.9 Å². The van der Waals surface area contributed by atoms with Crippen LogP contribution in [-0.2, 0) is 23.9 Å². The molecular weight excluding hydrogens is 562 g/mol. The van der Waals surface area contributed by atoms with Gasteiger partial charge in [0, 0.05) is 11.9 Å². The molecule has 4 N–H and O–H groups in total. The second-order valence-corrected chi connectivity index (χ2v) is 12.8. The van der Waals surface area contributed by atoms with Crippen molar-refractivity contribution < 1.29 is 29.0 Å². The quantitative estimate of drug-likeness (QED) is 0.363. The Balaban J connectivity index is 1.53. The third-order valence-electron chi connectivity index (χ3n) is 8.98. The van der Waals surface area contributed by atoms with Gasteiger partial charge in [-0.25, -0.2) is 5.43 Å². The number of fused-ring (bicyclic) bond motifs is 4. The summed E-state index contributed by atoms with van der Waals surface area (Å²) < 4.78 is 5.93. The second kappa shape index (κ2) is 13.0. The van der Waals surface area contributed by atoms with Gasteiger partial charge in [0.2, 0.25) is 5.91 Å². The van der Waals surface area contributed by atoms with E-state index in [1.165, 1.54) is 5.01 Å². The van der Waals surface area contributed by atoms with Crippen LogP contribution in [0.25, 0.3) is 17.0 Å². The molecule has 1 saturated carbocycles. The van der Waals surface area contributed by atoms with Crippen LogP contribution in [0.15, 0.2) is 36.4 Å². The predicted octanol–water partition coefficient (Wildman–Crippen LogP) is 2.93. The average Bonchev–Trinajstić information content (AvgIpc) is 3.01. The van der Waals surface area contributed by atoms with E-state index in [1.54, 1.807) is 20.8 Å². The van der Waals surface area contributed by atoms with Gasteiger partial charge in [0.05, 0.1) is 28.8 Å². The van der Waals surface area contributed by atoms with E-state index < -0.39 is 47.5 Å². The van der Waals surface area contributed by atoms with Crippen LogP contribution in [0.3, 0.4) is 0 Å². The van der Waals surface area contributed by atoms with Crippen LogP contribution in [-0.4, -0.2) is 69.6 Å². The normalized spacial score (nSPS) is 31.5. The SMILES string of the molecule is CC(C)[C@H]1OC(=O)C2(/C=C/c3ccc4ccc(nc4c3)[C@@H](C)NC(=O)[C@@H]3CCCN(N3)C(=O)[C@H](C)NC1=O)CCC(O)CC2. The number of hydrazine groups is 1. The zero-order valence-corrected chi connectivity index (χ0v) is 25.8. The highest BCUT2D eigenvalue weighted by Gasteiger charge is 2.43. The third kappa shape index (κ3) is 6.78. The summed E-state index contributed by atoms with van der Waals surface area (Å²) in [6.45, 7) is 7.39. The molecule has 44 heavy (non-hydrogen) atoms. The Bertz CT molecular complexity index is 1450. The molecule has 2 aromatic rings. The molecular formula is C33H43N5O6. The van der Waals surface area contributed by atoms with Gasteiger partial charge in [-0.2, -0.15) is 0 Å². The van der Waals surface area contributed by atoms with Crippen molar-refractivity contribution in [2.75, 3.05) is 6.54 Å². The van der Waals surface area contributed by atoms with Gasteiger partial charge >= 0.3 is 5.97 Å². The fourth-order valence-electron chi connectivity index (χ4n) is 6.15. The molecule has 2 aliphatic heterocycles. The van der Waals surface area contributed by atoms with Gasteiger partial charge in [0.1, 0.15) is 12.1 Å². The summed E-state index contributed by atoms with van der Waals surface area (Å²) in [6, 6.07) is 7.74. The molecule has 11 nitrogen and oxygen atoms in total. The van der Waals surface area contributed by atoms with E-state index in [4.69, 9.17) is 9.72 Å². The van der Waals surface area contributed by atoms with Crippen LogP contribution in [0.2, 0.25) is 0 Å². The number of aliphatic hydroxyl groups excluding tert-OH is 1. The first-order valence-corrected chi connectivity index (χ1v) is 15.6. The lowest BCUT2D eigenvalue weighted by Crippen LogP contribution is -2.61. The number of aliphatic hydroxyl groups is 1. The lowest BCUT2D eigenvalue weighted by atomic mass is 9.72. The van der Waals surface area contributed by atoms with Gasteiger partial charge in [0.15, 0.2) is 6.10 Å². The topological polar surface area (TPSA) is 150 Å². The van der Waals surface area contributed by atoms with Gasteiger partial charge in [-0.05, 0) is 76.0 Å². The zero-order valence-electron chi connectivity index (χ0n) is 25.8. The van der Waals surface area contributed by atoms with Crippen LogP contribution in [0.5, 0.6) is 0 Å². The zero-order chi connectivity index (χ0) is 31.6. The largest absolute Gasteiger partial charge is 0.451 e. The number of pyridine rings is 1. The van der Waals surface area contributed by atoms with Crippen LogP contribution in [0.4, 0.5) is 0 Å². The minimum atomic E-state index is -1.12. The number of nitrogens with zero attached hydrogens (tertiary/aromatic N) is 2.